The maximum atomic E-state index is 11.9. The first-order chi connectivity index (χ1) is 9.15. The van der Waals surface area contributed by atoms with Crippen LogP contribution >= 0.6 is 12.4 Å². The van der Waals surface area contributed by atoms with Gasteiger partial charge in [-0.15, -0.1) is 12.4 Å². The molecular weight excluding hydrogens is 282 g/mol. The fraction of sp³-hybridized carbons (Fsp3) is 0.846. The molecule has 7 heteroatoms. The molecule has 1 aliphatic heterocycles. The average Bonchev–Trinajstić information content (AvgIpc) is 2.40. The van der Waals surface area contributed by atoms with Crippen molar-refractivity contribution in [2.24, 2.45) is 11.7 Å². The maximum absolute atomic E-state index is 11.9. The number of hydrogen-bond acceptors (Lipinski definition) is 4. The third-order valence-corrected chi connectivity index (χ3v) is 3.87. The van der Waals surface area contributed by atoms with Gasteiger partial charge in [0.25, 0.3) is 0 Å². The third-order valence-electron chi connectivity index (χ3n) is 3.87. The van der Waals surface area contributed by atoms with Crippen LogP contribution in [-0.2, 0) is 14.3 Å². The third kappa shape index (κ3) is 5.26. The van der Waals surface area contributed by atoms with Crippen LogP contribution in [0.5, 0.6) is 0 Å². The van der Waals surface area contributed by atoms with Crippen molar-refractivity contribution in [2.45, 2.75) is 44.2 Å². The second kappa shape index (κ2) is 8.44. The first kappa shape index (κ1) is 17.2. The van der Waals surface area contributed by atoms with E-state index in [0.29, 0.717) is 26.1 Å². The number of morpholine rings is 1. The molecule has 1 saturated heterocycles. The van der Waals surface area contributed by atoms with Crippen molar-refractivity contribution in [3.63, 3.8) is 0 Å². The minimum Gasteiger partial charge on any atom is -0.378 e. The number of rotatable bonds is 4. The summed E-state index contributed by atoms with van der Waals surface area (Å²) in [7, 11) is 0. The van der Waals surface area contributed by atoms with E-state index in [0.717, 1.165) is 25.8 Å². The van der Waals surface area contributed by atoms with E-state index < -0.39 is 0 Å². The van der Waals surface area contributed by atoms with Crippen LogP contribution in [0.3, 0.4) is 0 Å². The molecule has 2 rings (SSSR count). The highest BCUT2D eigenvalue weighted by Gasteiger charge is 2.27. The van der Waals surface area contributed by atoms with E-state index in [9.17, 15) is 9.59 Å². The zero-order valence-electron chi connectivity index (χ0n) is 11.6. The number of carbonyl (C=O) groups excluding carboxylic acids is 2. The number of nitrogens with one attached hydrogen (secondary N) is 2. The van der Waals surface area contributed by atoms with Gasteiger partial charge in [-0.25, -0.2) is 0 Å². The summed E-state index contributed by atoms with van der Waals surface area (Å²) in [6, 6.07) is 0.188. The summed E-state index contributed by atoms with van der Waals surface area (Å²) in [5.41, 5.74) is 5.33. The van der Waals surface area contributed by atoms with Gasteiger partial charge >= 0.3 is 0 Å². The van der Waals surface area contributed by atoms with Crippen LogP contribution < -0.4 is 16.4 Å². The lowest BCUT2D eigenvalue weighted by Crippen LogP contribution is -2.47. The maximum Gasteiger partial charge on any atom is 0.221 e. The standard InChI is InChI=1S/C13H23N3O3.ClH/c14-13(18)9-2-1-3-10(6-9)16-12(17)7-11-8-19-5-4-15-11;/h9-11,15H,1-8H2,(H2,14,18)(H,16,17);1H. The Labute approximate surface area is 125 Å². The van der Waals surface area contributed by atoms with Gasteiger partial charge in [0.2, 0.25) is 11.8 Å². The highest BCUT2D eigenvalue weighted by atomic mass is 35.5. The van der Waals surface area contributed by atoms with Gasteiger partial charge in [-0.05, 0) is 19.3 Å². The molecule has 0 aromatic heterocycles. The predicted molar refractivity (Wildman–Crippen MR) is 77.6 cm³/mol. The number of ether oxygens (including phenoxy) is 1. The summed E-state index contributed by atoms with van der Waals surface area (Å²) in [6.07, 6.45) is 3.83. The van der Waals surface area contributed by atoms with Gasteiger partial charge in [0.05, 0.1) is 13.2 Å². The van der Waals surface area contributed by atoms with E-state index in [1.54, 1.807) is 0 Å². The molecule has 2 amide bonds. The molecule has 1 aliphatic carbocycles. The predicted octanol–water partition coefficient (Wildman–Crippen LogP) is -0.0530. The molecule has 4 N–H and O–H groups in total. The lowest BCUT2D eigenvalue weighted by Gasteiger charge is -2.29. The Hall–Kier alpha value is -0.850. The Morgan fingerprint density at radius 2 is 2.15 bits per heavy atom. The van der Waals surface area contributed by atoms with Gasteiger partial charge < -0.3 is 21.1 Å². The summed E-state index contributed by atoms with van der Waals surface area (Å²) in [5, 5.41) is 6.26. The molecule has 1 saturated carbocycles. The van der Waals surface area contributed by atoms with E-state index in [-0.39, 0.29) is 42.2 Å². The van der Waals surface area contributed by atoms with Crippen LogP contribution in [0.4, 0.5) is 0 Å². The second-order valence-corrected chi connectivity index (χ2v) is 5.46. The highest BCUT2D eigenvalue weighted by Crippen LogP contribution is 2.24. The SMILES string of the molecule is Cl.NC(=O)C1CCCC(NC(=O)CC2COCCN2)C1. The monoisotopic (exact) mass is 305 g/mol. The molecule has 0 spiro atoms. The highest BCUT2D eigenvalue weighted by molar-refractivity contribution is 5.85. The molecule has 0 radical (unpaired) electrons. The first-order valence-electron chi connectivity index (χ1n) is 7.05. The summed E-state index contributed by atoms with van der Waals surface area (Å²) >= 11 is 0. The lowest BCUT2D eigenvalue weighted by atomic mass is 9.85. The second-order valence-electron chi connectivity index (χ2n) is 5.46. The number of nitrogens with two attached hydrogens (primary N) is 1. The summed E-state index contributed by atoms with van der Waals surface area (Å²) < 4.78 is 5.32. The van der Waals surface area contributed by atoms with Gasteiger partial charge in [-0.1, -0.05) is 6.42 Å². The summed E-state index contributed by atoms with van der Waals surface area (Å²) in [6.45, 7) is 2.09. The molecule has 20 heavy (non-hydrogen) atoms. The van der Waals surface area contributed by atoms with Crippen LogP contribution in [0.15, 0.2) is 0 Å². The smallest absolute Gasteiger partial charge is 0.221 e. The van der Waals surface area contributed by atoms with Gasteiger partial charge in [-0.2, -0.15) is 0 Å². The Kier molecular flexibility index (Phi) is 7.26. The van der Waals surface area contributed by atoms with Crippen molar-refractivity contribution < 1.29 is 14.3 Å². The van der Waals surface area contributed by atoms with Crippen molar-refractivity contribution in [1.82, 2.24) is 10.6 Å². The Morgan fingerprint density at radius 1 is 1.35 bits per heavy atom. The minimum atomic E-state index is -0.249. The Morgan fingerprint density at radius 3 is 2.80 bits per heavy atom. The number of primary amides is 1. The number of hydrogen-bond donors (Lipinski definition) is 3. The van der Waals surface area contributed by atoms with Crippen molar-refractivity contribution in [3.05, 3.63) is 0 Å². The van der Waals surface area contributed by atoms with E-state index in [1.165, 1.54) is 0 Å². The summed E-state index contributed by atoms with van der Waals surface area (Å²) in [4.78, 5) is 23.1. The number of amides is 2. The van der Waals surface area contributed by atoms with Crippen LogP contribution in [0, 0.1) is 5.92 Å². The van der Waals surface area contributed by atoms with Crippen molar-refractivity contribution in [3.8, 4) is 0 Å². The molecule has 6 nitrogen and oxygen atoms in total. The largest absolute Gasteiger partial charge is 0.378 e. The van der Waals surface area contributed by atoms with Crippen LogP contribution in [0.25, 0.3) is 0 Å². The number of halogens is 1. The first-order valence-corrected chi connectivity index (χ1v) is 7.05. The van der Waals surface area contributed by atoms with Crippen molar-refractivity contribution in [2.75, 3.05) is 19.8 Å². The Balaban J connectivity index is 0.00000200. The molecule has 0 bridgehead atoms. The number of carbonyl (C=O) groups is 2. The molecule has 2 aliphatic rings. The molecule has 1 heterocycles. The van der Waals surface area contributed by atoms with Crippen LogP contribution in [0.1, 0.15) is 32.1 Å². The van der Waals surface area contributed by atoms with E-state index >= 15 is 0 Å². The molecule has 0 aromatic carbocycles. The fourth-order valence-corrected chi connectivity index (χ4v) is 2.84. The molecule has 116 valence electrons. The van der Waals surface area contributed by atoms with E-state index in [2.05, 4.69) is 10.6 Å². The normalized spacial score (nSPS) is 30.1. The molecule has 3 unspecified atom stereocenters. The van der Waals surface area contributed by atoms with Crippen LogP contribution in [-0.4, -0.2) is 43.7 Å². The topological polar surface area (TPSA) is 93.5 Å². The van der Waals surface area contributed by atoms with Gasteiger partial charge in [0, 0.05) is 31.0 Å². The van der Waals surface area contributed by atoms with Crippen LogP contribution in [0.2, 0.25) is 0 Å². The Bertz CT molecular complexity index is 335. The molecular formula is C13H24ClN3O3. The lowest BCUT2D eigenvalue weighted by molar-refractivity contribution is -0.126. The van der Waals surface area contributed by atoms with E-state index in [4.69, 9.17) is 10.5 Å². The molecule has 0 aromatic rings. The minimum absolute atomic E-state index is 0. The van der Waals surface area contributed by atoms with Crippen molar-refractivity contribution in [1.29, 1.82) is 0 Å². The zero-order chi connectivity index (χ0) is 13.7. The van der Waals surface area contributed by atoms with Crippen molar-refractivity contribution >= 4 is 24.2 Å². The quantitative estimate of drug-likeness (QED) is 0.679. The summed E-state index contributed by atoms with van der Waals surface area (Å²) in [5.74, 6) is -0.311. The van der Waals surface area contributed by atoms with Gasteiger partial charge in [0.15, 0.2) is 0 Å². The average molecular weight is 306 g/mol. The molecule has 2 fully saturated rings. The van der Waals surface area contributed by atoms with Gasteiger partial charge in [-0.3, -0.25) is 9.59 Å². The zero-order valence-corrected chi connectivity index (χ0v) is 12.4. The van der Waals surface area contributed by atoms with E-state index in [1.807, 2.05) is 0 Å². The molecule has 3 atom stereocenters. The van der Waals surface area contributed by atoms with Gasteiger partial charge in [0.1, 0.15) is 0 Å². The fourth-order valence-electron chi connectivity index (χ4n) is 2.84.